The number of hydrogen-bond acceptors (Lipinski definition) is 2. The lowest BCUT2D eigenvalue weighted by molar-refractivity contribution is -0.163. The highest BCUT2D eigenvalue weighted by molar-refractivity contribution is 5.77. The summed E-state index contributed by atoms with van der Waals surface area (Å²) in [5.74, 6) is -0.725. The van der Waals surface area contributed by atoms with Crippen molar-refractivity contribution in [1.82, 2.24) is 5.06 Å². The van der Waals surface area contributed by atoms with Crippen LogP contribution in [0.1, 0.15) is 12.5 Å². The lowest BCUT2D eigenvalue weighted by atomic mass is 10.1. The smallest absolute Gasteiger partial charge is 0.250 e. The van der Waals surface area contributed by atoms with E-state index in [2.05, 4.69) is 0 Å². The van der Waals surface area contributed by atoms with Crippen LogP contribution in [0.5, 0.6) is 0 Å². The first-order valence-corrected chi connectivity index (χ1v) is 4.37. The summed E-state index contributed by atoms with van der Waals surface area (Å²) in [6.07, 6.45) is 0.0879. The Morgan fingerprint density at radius 1 is 1.43 bits per heavy atom. The number of amides is 1. The third-order valence-electron chi connectivity index (χ3n) is 1.86. The van der Waals surface area contributed by atoms with Crippen molar-refractivity contribution in [3.8, 4) is 0 Å². The molecule has 76 valence electrons. The van der Waals surface area contributed by atoms with Crippen molar-refractivity contribution in [2.75, 3.05) is 6.54 Å². The molecule has 0 unspecified atom stereocenters. The molecule has 0 aliphatic heterocycles. The molecule has 0 aliphatic rings. The maximum atomic E-state index is 12.5. The van der Waals surface area contributed by atoms with Gasteiger partial charge in [0.1, 0.15) is 5.82 Å². The third-order valence-corrected chi connectivity index (χ3v) is 1.86. The summed E-state index contributed by atoms with van der Waals surface area (Å²) >= 11 is 0. The van der Waals surface area contributed by atoms with E-state index < -0.39 is 0 Å². The second kappa shape index (κ2) is 4.72. The minimum Gasteiger partial charge on any atom is -0.286 e. The van der Waals surface area contributed by atoms with Crippen LogP contribution < -0.4 is 0 Å². The molecule has 1 aromatic carbocycles. The fourth-order valence-electron chi connectivity index (χ4n) is 1.04. The SMILES string of the molecule is CCN(O)C(=O)Cc1ccc(F)cc1. The highest BCUT2D eigenvalue weighted by Gasteiger charge is 2.08. The Morgan fingerprint density at radius 2 is 2.00 bits per heavy atom. The largest absolute Gasteiger partial charge is 0.286 e. The summed E-state index contributed by atoms with van der Waals surface area (Å²) < 4.78 is 12.5. The zero-order valence-corrected chi connectivity index (χ0v) is 7.90. The van der Waals surface area contributed by atoms with Crippen LogP contribution in [-0.2, 0) is 11.2 Å². The number of rotatable bonds is 3. The molecule has 3 nitrogen and oxygen atoms in total. The molecule has 0 bridgehead atoms. The highest BCUT2D eigenvalue weighted by Crippen LogP contribution is 2.04. The molecule has 0 aromatic heterocycles. The Bertz CT molecular complexity index is 310. The minimum absolute atomic E-state index is 0.0879. The number of hydrogen-bond donors (Lipinski definition) is 1. The lowest BCUT2D eigenvalue weighted by Crippen LogP contribution is -2.28. The van der Waals surface area contributed by atoms with Gasteiger partial charge in [0.2, 0.25) is 5.91 Å². The second-order valence-corrected chi connectivity index (χ2v) is 2.91. The Kier molecular flexibility index (Phi) is 3.59. The summed E-state index contributed by atoms with van der Waals surface area (Å²) in [6.45, 7) is 1.92. The second-order valence-electron chi connectivity index (χ2n) is 2.91. The zero-order valence-electron chi connectivity index (χ0n) is 7.90. The normalized spacial score (nSPS) is 9.93. The lowest BCUT2D eigenvalue weighted by Gasteiger charge is -2.11. The van der Waals surface area contributed by atoms with Crippen molar-refractivity contribution in [1.29, 1.82) is 0 Å². The van der Waals surface area contributed by atoms with Gasteiger partial charge >= 0.3 is 0 Å². The fourth-order valence-corrected chi connectivity index (χ4v) is 1.04. The number of carbonyl (C=O) groups excluding carboxylic acids is 1. The predicted octanol–water partition coefficient (Wildman–Crippen LogP) is 1.61. The Labute approximate surface area is 81.7 Å². The third kappa shape index (κ3) is 2.81. The van der Waals surface area contributed by atoms with Gasteiger partial charge in [0.05, 0.1) is 6.42 Å². The minimum atomic E-state index is -0.390. The van der Waals surface area contributed by atoms with Crippen molar-refractivity contribution < 1.29 is 14.4 Å². The molecule has 0 heterocycles. The van der Waals surface area contributed by atoms with E-state index >= 15 is 0 Å². The van der Waals surface area contributed by atoms with Gasteiger partial charge in [-0.25, -0.2) is 9.45 Å². The van der Waals surface area contributed by atoms with Gasteiger partial charge in [-0.2, -0.15) is 0 Å². The van der Waals surface area contributed by atoms with Crippen molar-refractivity contribution in [2.45, 2.75) is 13.3 Å². The fraction of sp³-hybridized carbons (Fsp3) is 0.300. The van der Waals surface area contributed by atoms with E-state index in [9.17, 15) is 9.18 Å². The zero-order chi connectivity index (χ0) is 10.6. The van der Waals surface area contributed by atoms with E-state index in [0.29, 0.717) is 10.6 Å². The summed E-state index contributed by atoms with van der Waals surface area (Å²) in [5.41, 5.74) is 0.684. The molecule has 1 rings (SSSR count). The Morgan fingerprint density at radius 3 is 2.50 bits per heavy atom. The van der Waals surface area contributed by atoms with E-state index in [1.807, 2.05) is 0 Å². The number of nitrogens with zero attached hydrogens (tertiary/aromatic N) is 1. The van der Waals surface area contributed by atoms with Crippen LogP contribution >= 0.6 is 0 Å². The standard InChI is InChI=1S/C10H12FNO2/c1-2-12(14)10(13)7-8-3-5-9(11)6-4-8/h3-6,14H,2,7H2,1H3. The van der Waals surface area contributed by atoms with Gasteiger partial charge < -0.3 is 0 Å². The van der Waals surface area contributed by atoms with Crippen LogP contribution in [0.15, 0.2) is 24.3 Å². The first-order chi connectivity index (χ1) is 6.63. The summed E-state index contributed by atoms with van der Waals surface area (Å²) in [6, 6.07) is 5.63. The number of hydroxylamine groups is 2. The van der Waals surface area contributed by atoms with E-state index in [1.165, 1.54) is 24.3 Å². The number of halogens is 1. The number of carbonyl (C=O) groups is 1. The van der Waals surface area contributed by atoms with Crippen molar-refractivity contribution >= 4 is 5.91 Å². The molecule has 4 heteroatoms. The van der Waals surface area contributed by atoms with Gasteiger partial charge in [-0.1, -0.05) is 12.1 Å². The summed E-state index contributed by atoms with van der Waals surface area (Å²) in [7, 11) is 0. The van der Waals surface area contributed by atoms with Crippen LogP contribution in [0.2, 0.25) is 0 Å². The Hall–Kier alpha value is -1.42. The van der Waals surface area contributed by atoms with E-state index in [1.54, 1.807) is 6.92 Å². The van der Waals surface area contributed by atoms with Crippen LogP contribution in [-0.4, -0.2) is 22.7 Å². The molecule has 0 spiro atoms. The van der Waals surface area contributed by atoms with Crippen LogP contribution in [0, 0.1) is 5.82 Å². The monoisotopic (exact) mass is 197 g/mol. The predicted molar refractivity (Wildman–Crippen MR) is 49.3 cm³/mol. The van der Waals surface area contributed by atoms with Gasteiger partial charge in [0.25, 0.3) is 0 Å². The topological polar surface area (TPSA) is 40.5 Å². The highest BCUT2D eigenvalue weighted by atomic mass is 19.1. The average molecular weight is 197 g/mol. The van der Waals surface area contributed by atoms with E-state index in [0.717, 1.165) is 0 Å². The van der Waals surface area contributed by atoms with E-state index in [-0.39, 0.29) is 24.7 Å². The summed E-state index contributed by atoms with van der Waals surface area (Å²) in [4.78, 5) is 11.2. The molecule has 0 radical (unpaired) electrons. The van der Waals surface area contributed by atoms with Crippen molar-refractivity contribution in [2.24, 2.45) is 0 Å². The molecular weight excluding hydrogens is 185 g/mol. The van der Waals surface area contributed by atoms with Gasteiger partial charge in [-0.05, 0) is 24.6 Å². The first-order valence-electron chi connectivity index (χ1n) is 4.37. The molecule has 1 aromatic rings. The Balaban J connectivity index is 2.60. The molecular formula is C10H12FNO2. The van der Waals surface area contributed by atoms with Gasteiger partial charge in [-0.15, -0.1) is 0 Å². The van der Waals surface area contributed by atoms with E-state index in [4.69, 9.17) is 5.21 Å². The van der Waals surface area contributed by atoms with Crippen LogP contribution in [0.3, 0.4) is 0 Å². The molecule has 0 aliphatic carbocycles. The maximum absolute atomic E-state index is 12.5. The number of likely N-dealkylation sites (N-methyl/N-ethyl adjacent to an activating group) is 1. The molecule has 0 atom stereocenters. The molecule has 1 N–H and O–H groups in total. The quantitative estimate of drug-likeness (QED) is 0.590. The molecule has 1 amide bonds. The van der Waals surface area contributed by atoms with Gasteiger partial charge in [0.15, 0.2) is 0 Å². The molecule has 0 fully saturated rings. The number of benzene rings is 1. The van der Waals surface area contributed by atoms with Crippen molar-refractivity contribution in [3.05, 3.63) is 35.6 Å². The first kappa shape index (κ1) is 10.7. The van der Waals surface area contributed by atoms with Gasteiger partial charge in [0, 0.05) is 6.54 Å². The summed E-state index contributed by atoms with van der Waals surface area (Å²) in [5, 5.41) is 9.69. The molecule has 0 saturated carbocycles. The van der Waals surface area contributed by atoms with Crippen LogP contribution in [0.4, 0.5) is 4.39 Å². The average Bonchev–Trinajstić information content (AvgIpc) is 2.20. The van der Waals surface area contributed by atoms with Gasteiger partial charge in [-0.3, -0.25) is 10.0 Å². The van der Waals surface area contributed by atoms with Crippen molar-refractivity contribution in [3.63, 3.8) is 0 Å². The molecule has 14 heavy (non-hydrogen) atoms. The van der Waals surface area contributed by atoms with Crippen LogP contribution in [0.25, 0.3) is 0 Å². The maximum Gasteiger partial charge on any atom is 0.250 e. The molecule has 0 saturated heterocycles.